The third kappa shape index (κ3) is 2.39. The lowest BCUT2D eigenvalue weighted by Crippen LogP contribution is -2.28. The maximum atomic E-state index is 12.3. The van der Waals surface area contributed by atoms with Crippen LogP contribution >= 0.6 is 0 Å². The van der Waals surface area contributed by atoms with Crippen LogP contribution in [0.2, 0.25) is 0 Å². The molecule has 1 N–H and O–H groups in total. The zero-order valence-electron chi connectivity index (χ0n) is 15.1. The monoisotopic (exact) mass is 351 g/mol. The number of hydrogen-bond acceptors (Lipinski definition) is 3. The van der Waals surface area contributed by atoms with Crippen LogP contribution < -0.4 is 11.2 Å². The molecule has 0 unspecified atom stereocenters. The number of benzene rings is 1. The van der Waals surface area contributed by atoms with E-state index in [1.807, 2.05) is 17.7 Å². The van der Waals surface area contributed by atoms with Crippen molar-refractivity contribution in [3.05, 3.63) is 62.6 Å². The predicted octanol–water partition coefficient (Wildman–Crippen LogP) is 2.32. The topological polar surface area (TPSA) is 77.1 Å². The van der Waals surface area contributed by atoms with Gasteiger partial charge in [-0.3, -0.25) is 23.3 Å². The average molecular weight is 351 g/mol. The standard InChI is InChI=1S/C19H21N5O2/c1-4-5-6-13-7-9-14(10-8-13)24-12(2)11-23-15-16(20-18(23)24)22(3)19(26)21-17(15)25/h7-11H,4-6H2,1-3H3,(H,21,25,26). The van der Waals surface area contributed by atoms with E-state index in [0.29, 0.717) is 16.9 Å². The fraction of sp³-hybridized carbons (Fsp3) is 0.316. The third-order valence-corrected chi connectivity index (χ3v) is 4.81. The van der Waals surface area contributed by atoms with Crippen molar-refractivity contribution in [3.8, 4) is 5.69 Å². The van der Waals surface area contributed by atoms with E-state index in [4.69, 9.17) is 0 Å². The molecule has 0 aliphatic rings. The van der Waals surface area contributed by atoms with Crippen molar-refractivity contribution in [1.29, 1.82) is 0 Å². The second-order valence-electron chi connectivity index (χ2n) is 6.65. The zero-order chi connectivity index (χ0) is 18.4. The summed E-state index contributed by atoms with van der Waals surface area (Å²) in [4.78, 5) is 31.1. The largest absolute Gasteiger partial charge is 0.329 e. The van der Waals surface area contributed by atoms with Gasteiger partial charge in [0.1, 0.15) is 0 Å². The van der Waals surface area contributed by atoms with E-state index in [1.54, 1.807) is 11.4 Å². The van der Waals surface area contributed by atoms with Crippen molar-refractivity contribution >= 4 is 16.9 Å². The normalized spacial score (nSPS) is 11.7. The molecule has 4 aromatic rings. The Hall–Kier alpha value is -3.09. The summed E-state index contributed by atoms with van der Waals surface area (Å²) in [6.07, 6.45) is 5.29. The summed E-state index contributed by atoms with van der Waals surface area (Å²) in [7, 11) is 1.60. The number of imidazole rings is 2. The fourth-order valence-corrected chi connectivity index (χ4v) is 3.38. The van der Waals surface area contributed by atoms with Gasteiger partial charge in [0.15, 0.2) is 11.2 Å². The van der Waals surface area contributed by atoms with E-state index in [1.165, 1.54) is 23.0 Å². The van der Waals surface area contributed by atoms with Crippen molar-refractivity contribution < 1.29 is 0 Å². The van der Waals surface area contributed by atoms with Gasteiger partial charge in [-0.2, -0.15) is 4.98 Å². The highest BCUT2D eigenvalue weighted by molar-refractivity contribution is 5.76. The summed E-state index contributed by atoms with van der Waals surface area (Å²) in [5.41, 5.74) is 3.11. The number of aromatic amines is 1. The Bertz CT molecular complexity index is 1220. The van der Waals surface area contributed by atoms with Gasteiger partial charge in [-0.25, -0.2) is 4.79 Å². The molecule has 26 heavy (non-hydrogen) atoms. The van der Waals surface area contributed by atoms with Crippen LogP contribution in [0, 0.1) is 6.92 Å². The Morgan fingerprint density at radius 2 is 1.88 bits per heavy atom. The summed E-state index contributed by atoms with van der Waals surface area (Å²) in [6, 6.07) is 8.40. The van der Waals surface area contributed by atoms with Crippen LogP contribution in [0.5, 0.6) is 0 Å². The van der Waals surface area contributed by atoms with Crippen molar-refractivity contribution in [2.75, 3.05) is 0 Å². The van der Waals surface area contributed by atoms with E-state index in [0.717, 1.165) is 17.8 Å². The predicted molar refractivity (Wildman–Crippen MR) is 101 cm³/mol. The Morgan fingerprint density at radius 1 is 1.15 bits per heavy atom. The number of nitrogens with zero attached hydrogens (tertiary/aromatic N) is 4. The molecule has 0 saturated heterocycles. The second kappa shape index (κ2) is 6.01. The van der Waals surface area contributed by atoms with Crippen molar-refractivity contribution in [3.63, 3.8) is 0 Å². The van der Waals surface area contributed by atoms with Gasteiger partial charge in [0.2, 0.25) is 5.78 Å². The molecule has 0 amide bonds. The molecule has 0 atom stereocenters. The SMILES string of the molecule is CCCCc1ccc(-n2c(C)cn3c4c(=O)[nH]c(=O)n(C)c4nc23)cc1. The van der Waals surface area contributed by atoms with Crippen LogP contribution in [0.15, 0.2) is 40.1 Å². The van der Waals surface area contributed by atoms with Gasteiger partial charge in [0, 0.05) is 24.6 Å². The summed E-state index contributed by atoms with van der Waals surface area (Å²) < 4.78 is 5.10. The Morgan fingerprint density at radius 3 is 2.58 bits per heavy atom. The first-order chi connectivity index (χ1) is 12.5. The molecule has 7 heteroatoms. The third-order valence-electron chi connectivity index (χ3n) is 4.81. The van der Waals surface area contributed by atoms with Crippen LogP contribution in [0.3, 0.4) is 0 Å². The van der Waals surface area contributed by atoms with Crippen LogP contribution in [-0.2, 0) is 13.5 Å². The Labute approximate surface area is 149 Å². The minimum Gasteiger partial charge on any atom is -0.283 e. The first kappa shape index (κ1) is 16.4. The highest BCUT2D eigenvalue weighted by atomic mass is 16.2. The zero-order valence-corrected chi connectivity index (χ0v) is 15.1. The Kier molecular flexibility index (Phi) is 3.79. The maximum absolute atomic E-state index is 12.3. The quantitative estimate of drug-likeness (QED) is 0.613. The lowest BCUT2D eigenvalue weighted by Gasteiger charge is -2.07. The van der Waals surface area contributed by atoms with Crippen molar-refractivity contribution in [2.45, 2.75) is 33.1 Å². The highest BCUT2D eigenvalue weighted by Gasteiger charge is 2.18. The highest BCUT2D eigenvalue weighted by Crippen LogP contribution is 2.21. The summed E-state index contributed by atoms with van der Waals surface area (Å²) in [5, 5.41) is 0. The van der Waals surface area contributed by atoms with Crippen molar-refractivity contribution in [1.82, 2.24) is 23.5 Å². The van der Waals surface area contributed by atoms with Gasteiger partial charge in [-0.15, -0.1) is 0 Å². The molecule has 0 aliphatic heterocycles. The number of H-pyrrole nitrogens is 1. The van der Waals surface area contributed by atoms with Gasteiger partial charge in [-0.1, -0.05) is 25.5 Å². The van der Waals surface area contributed by atoms with E-state index in [-0.39, 0.29) is 0 Å². The molecule has 0 spiro atoms. The maximum Gasteiger partial charge on any atom is 0.329 e. The molecule has 3 heterocycles. The van der Waals surface area contributed by atoms with Crippen LogP contribution in [0.4, 0.5) is 0 Å². The van der Waals surface area contributed by atoms with E-state index >= 15 is 0 Å². The molecule has 0 bridgehead atoms. The molecule has 0 fully saturated rings. The molecular formula is C19H21N5O2. The van der Waals surface area contributed by atoms with Crippen LogP contribution in [0.25, 0.3) is 22.6 Å². The number of aryl methyl sites for hydroxylation is 3. The Balaban J connectivity index is 1.93. The van der Waals surface area contributed by atoms with Gasteiger partial charge in [0.25, 0.3) is 5.56 Å². The average Bonchev–Trinajstić information content (AvgIpc) is 3.13. The first-order valence-electron chi connectivity index (χ1n) is 8.80. The minimum absolute atomic E-state index is 0.377. The molecule has 0 aliphatic carbocycles. The van der Waals surface area contributed by atoms with E-state index < -0.39 is 11.2 Å². The van der Waals surface area contributed by atoms with Gasteiger partial charge >= 0.3 is 5.69 Å². The number of fused-ring (bicyclic) bond motifs is 3. The molecule has 134 valence electrons. The smallest absolute Gasteiger partial charge is 0.283 e. The van der Waals surface area contributed by atoms with E-state index in [9.17, 15) is 9.59 Å². The molecule has 0 radical (unpaired) electrons. The fourth-order valence-electron chi connectivity index (χ4n) is 3.38. The van der Waals surface area contributed by atoms with Crippen LogP contribution in [0.1, 0.15) is 31.0 Å². The molecule has 1 aromatic carbocycles. The number of nitrogens with one attached hydrogen (secondary N) is 1. The number of hydrogen-bond donors (Lipinski definition) is 1. The van der Waals surface area contributed by atoms with Gasteiger partial charge < -0.3 is 0 Å². The number of aromatic nitrogens is 5. The molecule has 3 aromatic heterocycles. The molecule has 4 rings (SSSR count). The van der Waals surface area contributed by atoms with Crippen molar-refractivity contribution in [2.24, 2.45) is 7.05 Å². The number of unbranched alkanes of at least 4 members (excludes halogenated alkanes) is 1. The lowest BCUT2D eigenvalue weighted by atomic mass is 10.1. The summed E-state index contributed by atoms with van der Waals surface area (Å²) >= 11 is 0. The first-order valence-corrected chi connectivity index (χ1v) is 8.80. The second-order valence-corrected chi connectivity index (χ2v) is 6.65. The van der Waals surface area contributed by atoms with Gasteiger partial charge in [-0.05, 0) is 37.5 Å². The minimum atomic E-state index is -0.466. The molecule has 7 nitrogen and oxygen atoms in total. The summed E-state index contributed by atoms with van der Waals surface area (Å²) in [6.45, 7) is 4.16. The summed E-state index contributed by atoms with van der Waals surface area (Å²) in [5.74, 6) is 0.616. The lowest BCUT2D eigenvalue weighted by molar-refractivity contribution is 0.795. The molecule has 0 saturated carbocycles. The molecular weight excluding hydrogens is 330 g/mol. The number of rotatable bonds is 4. The van der Waals surface area contributed by atoms with Crippen LogP contribution in [-0.4, -0.2) is 23.5 Å². The van der Waals surface area contributed by atoms with E-state index in [2.05, 4.69) is 41.2 Å². The van der Waals surface area contributed by atoms with Gasteiger partial charge in [0.05, 0.1) is 0 Å².